The van der Waals surface area contributed by atoms with E-state index in [1.54, 1.807) is 0 Å². The first-order valence-corrected chi connectivity index (χ1v) is 12.1. The zero-order valence-electron chi connectivity index (χ0n) is 21.1. The van der Waals surface area contributed by atoms with Gasteiger partial charge in [0.05, 0.1) is 5.69 Å². The number of rotatable bonds is 5. The number of benzene rings is 3. The Hall–Kier alpha value is -3.13. The Bertz CT molecular complexity index is 1210. The molecule has 1 heterocycles. The van der Waals surface area contributed by atoms with Crippen LogP contribution in [0, 0.1) is 0 Å². The van der Waals surface area contributed by atoms with Gasteiger partial charge in [0, 0.05) is 18.0 Å². The summed E-state index contributed by atoms with van der Waals surface area (Å²) in [5.74, 6) is 1.78. The molecule has 2 nitrogen and oxygen atoms in total. The van der Waals surface area contributed by atoms with E-state index in [4.69, 9.17) is 4.98 Å². The second-order valence-corrected chi connectivity index (χ2v) is 10.6. The van der Waals surface area contributed by atoms with Gasteiger partial charge >= 0.3 is 0 Å². The maximum Gasteiger partial charge on any atom is 0.144 e. The quantitative estimate of drug-likeness (QED) is 0.306. The largest absolute Gasteiger partial charge is 0.299 e. The molecule has 0 bridgehead atoms. The van der Waals surface area contributed by atoms with Gasteiger partial charge in [0.2, 0.25) is 0 Å². The van der Waals surface area contributed by atoms with E-state index in [0.717, 1.165) is 5.82 Å². The van der Waals surface area contributed by atoms with E-state index in [-0.39, 0.29) is 5.41 Å². The average molecular weight is 437 g/mol. The number of imidazole rings is 1. The highest BCUT2D eigenvalue weighted by Crippen LogP contribution is 2.39. The maximum absolute atomic E-state index is 4.88. The number of hydrogen-bond acceptors (Lipinski definition) is 1. The topological polar surface area (TPSA) is 17.8 Å². The normalized spacial score (nSPS) is 12.0. The van der Waals surface area contributed by atoms with E-state index in [1.165, 1.54) is 39.1 Å². The van der Waals surface area contributed by atoms with Crippen molar-refractivity contribution in [2.24, 2.45) is 0 Å². The van der Waals surface area contributed by atoms with Crippen molar-refractivity contribution in [3.8, 4) is 28.2 Å². The summed E-state index contributed by atoms with van der Waals surface area (Å²) >= 11 is 0. The van der Waals surface area contributed by atoms with Crippen molar-refractivity contribution >= 4 is 0 Å². The molecule has 4 rings (SSSR count). The van der Waals surface area contributed by atoms with Crippen LogP contribution >= 0.6 is 0 Å². The second kappa shape index (κ2) is 9.02. The minimum absolute atomic E-state index is 0.0340. The third-order valence-corrected chi connectivity index (χ3v) is 6.38. The molecule has 4 aromatic rings. The minimum Gasteiger partial charge on any atom is -0.299 e. The van der Waals surface area contributed by atoms with Gasteiger partial charge in [-0.1, -0.05) is 103 Å². The molecule has 0 aliphatic carbocycles. The summed E-state index contributed by atoms with van der Waals surface area (Å²) in [4.78, 5) is 4.88. The molecule has 0 N–H and O–H groups in total. The van der Waals surface area contributed by atoms with Crippen LogP contribution in [0.5, 0.6) is 0 Å². The molecule has 0 aliphatic heterocycles. The molecular formula is C31H36N2. The lowest BCUT2D eigenvalue weighted by Crippen LogP contribution is -2.14. The highest BCUT2D eigenvalue weighted by molar-refractivity contribution is 5.72. The molecule has 0 fully saturated rings. The Kier molecular flexibility index (Phi) is 6.30. The molecule has 0 radical (unpaired) electrons. The number of nitrogens with zero attached hydrogens (tertiary/aromatic N) is 2. The van der Waals surface area contributed by atoms with Crippen molar-refractivity contribution in [3.63, 3.8) is 0 Å². The molecule has 0 saturated carbocycles. The number of hydrogen-bond donors (Lipinski definition) is 0. The zero-order chi connectivity index (χ0) is 23.8. The molecule has 2 heteroatoms. The highest BCUT2D eigenvalue weighted by atomic mass is 15.1. The van der Waals surface area contributed by atoms with Gasteiger partial charge in [-0.3, -0.25) is 4.57 Å². The van der Waals surface area contributed by atoms with Crippen LogP contribution in [0.25, 0.3) is 28.2 Å². The fourth-order valence-electron chi connectivity index (χ4n) is 4.65. The lowest BCUT2D eigenvalue weighted by atomic mass is 9.83. The van der Waals surface area contributed by atoms with Crippen LogP contribution in [0.4, 0.5) is 0 Å². The Morgan fingerprint density at radius 2 is 1.30 bits per heavy atom. The fourth-order valence-corrected chi connectivity index (χ4v) is 4.65. The van der Waals surface area contributed by atoms with Gasteiger partial charge in [0.15, 0.2) is 0 Å². The van der Waals surface area contributed by atoms with Crippen LogP contribution in [0.2, 0.25) is 0 Å². The van der Waals surface area contributed by atoms with Crippen LogP contribution in [0.15, 0.2) is 79.1 Å². The molecule has 33 heavy (non-hydrogen) atoms. The average Bonchev–Trinajstić information content (AvgIpc) is 3.27. The lowest BCUT2D eigenvalue weighted by molar-refractivity contribution is 0.591. The first-order valence-electron chi connectivity index (χ1n) is 12.1. The monoisotopic (exact) mass is 436 g/mol. The molecule has 0 atom stereocenters. The van der Waals surface area contributed by atoms with Crippen LogP contribution in [0.1, 0.15) is 77.0 Å². The summed E-state index contributed by atoms with van der Waals surface area (Å²) in [6, 6.07) is 24.2. The van der Waals surface area contributed by atoms with Crippen LogP contribution in [-0.4, -0.2) is 9.55 Å². The van der Waals surface area contributed by atoms with Crippen molar-refractivity contribution in [3.05, 3.63) is 95.8 Å². The summed E-state index contributed by atoms with van der Waals surface area (Å²) in [5, 5.41) is 0. The van der Waals surface area contributed by atoms with Gasteiger partial charge in [-0.15, -0.1) is 0 Å². The van der Waals surface area contributed by atoms with Crippen molar-refractivity contribution in [1.29, 1.82) is 0 Å². The minimum atomic E-state index is 0.0340. The van der Waals surface area contributed by atoms with Gasteiger partial charge in [0.1, 0.15) is 5.82 Å². The van der Waals surface area contributed by atoms with Crippen molar-refractivity contribution < 1.29 is 0 Å². The standard InChI is InChI=1S/C31H36N2/c1-21(2)26-19-24(23-13-9-8-10-14-23)20-27(22(3)4)29(26)33-18-17-32-30(33)25-15-11-12-16-28(25)31(5,6)7/h8-22H,1-7H3. The van der Waals surface area contributed by atoms with Crippen LogP contribution in [0.3, 0.4) is 0 Å². The summed E-state index contributed by atoms with van der Waals surface area (Å²) in [7, 11) is 0. The van der Waals surface area contributed by atoms with E-state index in [0.29, 0.717) is 11.8 Å². The second-order valence-electron chi connectivity index (χ2n) is 10.6. The third-order valence-electron chi connectivity index (χ3n) is 6.38. The number of aromatic nitrogens is 2. The fraction of sp³-hybridized carbons (Fsp3) is 0.323. The van der Waals surface area contributed by atoms with Crippen LogP contribution < -0.4 is 0 Å². The van der Waals surface area contributed by atoms with E-state index >= 15 is 0 Å². The Morgan fingerprint density at radius 1 is 0.727 bits per heavy atom. The van der Waals surface area contributed by atoms with Gasteiger partial charge in [0.25, 0.3) is 0 Å². The molecule has 0 spiro atoms. The first-order chi connectivity index (χ1) is 15.7. The highest BCUT2D eigenvalue weighted by Gasteiger charge is 2.24. The first kappa shape index (κ1) is 23.0. The van der Waals surface area contributed by atoms with E-state index in [9.17, 15) is 0 Å². The van der Waals surface area contributed by atoms with Crippen molar-refractivity contribution in [1.82, 2.24) is 9.55 Å². The van der Waals surface area contributed by atoms with Crippen molar-refractivity contribution in [2.45, 2.75) is 65.7 Å². The Morgan fingerprint density at radius 3 is 1.88 bits per heavy atom. The van der Waals surface area contributed by atoms with E-state index in [1.807, 2.05) is 6.20 Å². The third kappa shape index (κ3) is 4.53. The molecule has 0 saturated heterocycles. The molecule has 170 valence electrons. The predicted molar refractivity (Wildman–Crippen MR) is 141 cm³/mol. The molecule has 1 aromatic heterocycles. The van der Waals surface area contributed by atoms with Crippen LogP contribution in [-0.2, 0) is 5.41 Å². The molecule has 0 unspecified atom stereocenters. The lowest BCUT2D eigenvalue weighted by Gasteiger charge is -2.26. The van der Waals surface area contributed by atoms with Crippen molar-refractivity contribution in [2.75, 3.05) is 0 Å². The molecule has 0 aliphatic rings. The van der Waals surface area contributed by atoms with Gasteiger partial charge < -0.3 is 0 Å². The summed E-state index contributed by atoms with van der Waals surface area (Å²) in [6.45, 7) is 16.0. The van der Waals surface area contributed by atoms with E-state index < -0.39 is 0 Å². The van der Waals surface area contributed by atoms with E-state index in [2.05, 4.69) is 126 Å². The molecule has 0 amide bonds. The molecule has 3 aromatic carbocycles. The Balaban J connectivity index is 2.00. The summed E-state index contributed by atoms with van der Waals surface area (Å²) in [5.41, 5.74) is 9.07. The summed E-state index contributed by atoms with van der Waals surface area (Å²) in [6.07, 6.45) is 4.07. The predicted octanol–water partition coefficient (Wildman–Crippen LogP) is 8.75. The SMILES string of the molecule is CC(C)c1cc(-c2ccccc2)cc(C(C)C)c1-n1ccnc1-c1ccccc1C(C)(C)C. The zero-order valence-corrected chi connectivity index (χ0v) is 21.1. The van der Waals surface area contributed by atoms with Gasteiger partial charge in [-0.25, -0.2) is 4.98 Å². The van der Waals surface area contributed by atoms with Gasteiger partial charge in [-0.2, -0.15) is 0 Å². The molecular weight excluding hydrogens is 400 g/mol. The Labute approximate surface area is 199 Å². The summed E-state index contributed by atoms with van der Waals surface area (Å²) < 4.78 is 2.32. The van der Waals surface area contributed by atoms with Gasteiger partial charge in [-0.05, 0) is 57.2 Å². The maximum atomic E-state index is 4.88. The smallest absolute Gasteiger partial charge is 0.144 e.